The number of amides is 1. The lowest BCUT2D eigenvalue weighted by Crippen LogP contribution is -2.38. The van der Waals surface area contributed by atoms with E-state index in [0.717, 1.165) is 11.1 Å². The second-order valence-corrected chi connectivity index (χ2v) is 6.11. The van der Waals surface area contributed by atoms with Crippen LogP contribution in [0.2, 0.25) is 0 Å². The van der Waals surface area contributed by atoms with E-state index < -0.39 is 0 Å². The number of alkyl halides is 1. The molecule has 1 aromatic rings. The van der Waals surface area contributed by atoms with Crippen LogP contribution in [0, 0.1) is 5.92 Å². The van der Waals surface area contributed by atoms with Gasteiger partial charge in [0.05, 0.1) is 0 Å². The number of hydrogen-bond acceptors (Lipinski definition) is 1. The summed E-state index contributed by atoms with van der Waals surface area (Å²) in [5, 5.41) is 3.16. The van der Waals surface area contributed by atoms with Crippen molar-refractivity contribution in [2.75, 3.05) is 0 Å². The highest BCUT2D eigenvalue weighted by atomic mass is 35.5. The molecule has 2 rings (SSSR count). The van der Waals surface area contributed by atoms with Gasteiger partial charge < -0.3 is 5.32 Å². The van der Waals surface area contributed by atoms with Crippen molar-refractivity contribution in [2.45, 2.75) is 57.4 Å². The SMILES string of the molecule is C[C@H](NC(=O)c1ccc(CCl)cc1)C1CCCCCC1. The Kier molecular flexibility index (Phi) is 5.90. The second-order valence-electron chi connectivity index (χ2n) is 5.84. The molecule has 3 heteroatoms. The zero-order valence-corrected chi connectivity index (χ0v) is 13.0. The van der Waals surface area contributed by atoms with E-state index in [1.807, 2.05) is 24.3 Å². The summed E-state index contributed by atoms with van der Waals surface area (Å²) in [5.74, 6) is 1.15. The van der Waals surface area contributed by atoms with Gasteiger partial charge in [-0.15, -0.1) is 11.6 Å². The fraction of sp³-hybridized carbons (Fsp3) is 0.588. The van der Waals surface area contributed by atoms with Crippen molar-refractivity contribution in [1.82, 2.24) is 5.32 Å². The van der Waals surface area contributed by atoms with E-state index in [1.165, 1.54) is 38.5 Å². The third kappa shape index (κ3) is 4.24. The lowest BCUT2D eigenvalue weighted by atomic mass is 9.93. The van der Waals surface area contributed by atoms with Crippen molar-refractivity contribution in [3.8, 4) is 0 Å². The van der Waals surface area contributed by atoms with Crippen LogP contribution < -0.4 is 5.32 Å². The Morgan fingerprint density at radius 1 is 1.20 bits per heavy atom. The summed E-state index contributed by atoms with van der Waals surface area (Å²) in [4.78, 5) is 12.2. The second kappa shape index (κ2) is 7.68. The van der Waals surface area contributed by atoms with E-state index in [0.29, 0.717) is 11.8 Å². The summed E-state index contributed by atoms with van der Waals surface area (Å²) in [6, 6.07) is 7.80. The van der Waals surface area contributed by atoms with Gasteiger partial charge >= 0.3 is 0 Å². The Morgan fingerprint density at radius 2 is 1.80 bits per heavy atom. The molecule has 0 heterocycles. The van der Waals surface area contributed by atoms with Gasteiger partial charge in [0.15, 0.2) is 0 Å². The van der Waals surface area contributed by atoms with Gasteiger partial charge in [-0.05, 0) is 43.4 Å². The molecule has 1 N–H and O–H groups in total. The number of carbonyl (C=O) groups excluding carboxylic acids is 1. The van der Waals surface area contributed by atoms with Crippen LogP contribution in [-0.4, -0.2) is 11.9 Å². The zero-order chi connectivity index (χ0) is 14.4. The van der Waals surface area contributed by atoms with Crippen molar-refractivity contribution in [3.63, 3.8) is 0 Å². The van der Waals surface area contributed by atoms with Gasteiger partial charge in [-0.1, -0.05) is 37.8 Å². The molecule has 0 spiro atoms. The summed E-state index contributed by atoms with van der Waals surface area (Å²) in [6.45, 7) is 2.14. The Morgan fingerprint density at radius 3 is 2.35 bits per heavy atom. The standard InChI is InChI=1S/C17H24ClNO/c1-13(15-6-4-2-3-5-7-15)19-17(20)16-10-8-14(12-18)9-11-16/h8-11,13,15H,2-7,12H2,1H3,(H,19,20)/t13-/m0/s1. The molecule has 0 radical (unpaired) electrons. The smallest absolute Gasteiger partial charge is 0.251 e. The molecule has 2 nitrogen and oxygen atoms in total. The van der Waals surface area contributed by atoms with Crippen LogP contribution in [0.4, 0.5) is 0 Å². The molecule has 1 aliphatic carbocycles. The predicted molar refractivity (Wildman–Crippen MR) is 84.1 cm³/mol. The average molecular weight is 294 g/mol. The highest BCUT2D eigenvalue weighted by Crippen LogP contribution is 2.25. The molecule has 0 aliphatic heterocycles. The molecule has 20 heavy (non-hydrogen) atoms. The molecule has 1 fully saturated rings. The summed E-state index contributed by atoms with van der Waals surface area (Å²) >= 11 is 5.76. The largest absolute Gasteiger partial charge is 0.349 e. The summed E-state index contributed by atoms with van der Waals surface area (Å²) in [5.41, 5.74) is 1.76. The Balaban J connectivity index is 1.91. The van der Waals surface area contributed by atoms with Crippen LogP contribution in [0.15, 0.2) is 24.3 Å². The van der Waals surface area contributed by atoms with Crippen LogP contribution in [-0.2, 0) is 5.88 Å². The van der Waals surface area contributed by atoms with Crippen molar-refractivity contribution in [2.24, 2.45) is 5.92 Å². The molecular formula is C17H24ClNO. The monoisotopic (exact) mass is 293 g/mol. The van der Waals surface area contributed by atoms with Gasteiger partial charge in [-0.2, -0.15) is 0 Å². The van der Waals surface area contributed by atoms with Gasteiger partial charge in [-0.3, -0.25) is 4.79 Å². The number of nitrogens with one attached hydrogen (secondary N) is 1. The predicted octanol–water partition coefficient (Wildman–Crippen LogP) is 4.51. The molecular weight excluding hydrogens is 270 g/mol. The first-order valence-corrected chi connectivity index (χ1v) is 8.20. The van der Waals surface area contributed by atoms with Crippen LogP contribution in [0.5, 0.6) is 0 Å². The van der Waals surface area contributed by atoms with E-state index in [9.17, 15) is 4.79 Å². The molecule has 0 aromatic heterocycles. The number of carbonyl (C=O) groups is 1. The van der Waals surface area contributed by atoms with Gasteiger partial charge in [0.1, 0.15) is 0 Å². The normalized spacial score (nSPS) is 18.3. The maximum Gasteiger partial charge on any atom is 0.251 e. The van der Waals surface area contributed by atoms with Gasteiger partial charge in [0, 0.05) is 17.5 Å². The van der Waals surface area contributed by atoms with E-state index in [2.05, 4.69) is 12.2 Å². The Hall–Kier alpha value is -1.02. The van der Waals surface area contributed by atoms with Crippen LogP contribution >= 0.6 is 11.6 Å². The molecule has 1 saturated carbocycles. The summed E-state index contributed by atoms with van der Waals surface area (Å²) in [6.07, 6.45) is 7.78. The Labute approximate surface area is 126 Å². The minimum atomic E-state index is 0.0304. The lowest BCUT2D eigenvalue weighted by Gasteiger charge is -2.23. The van der Waals surface area contributed by atoms with Crippen molar-refractivity contribution in [3.05, 3.63) is 35.4 Å². The number of benzene rings is 1. The zero-order valence-electron chi connectivity index (χ0n) is 12.2. The van der Waals surface area contributed by atoms with E-state index in [1.54, 1.807) is 0 Å². The van der Waals surface area contributed by atoms with Gasteiger partial charge in [0.2, 0.25) is 0 Å². The van der Waals surface area contributed by atoms with Crippen LogP contribution in [0.1, 0.15) is 61.4 Å². The van der Waals surface area contributed by atoms with Gasteiger partial charge in [-0.25, -0.2) is 0 Å². The van der Waals surface area contributed by atoms with Crippen molar-refractivity contribution in [1.29, 1.82) is 0 Å². The fourth-order valence-corrected chi connectivity index (χ4v) is 3.14. The van der Waals surface area contributed by atoms with E-state index in [4.69, 9.17) is 11.6 Å². The van der Waals surface area contributed by atoms with Gasteiger partial charge in [0.25, 0.3) is 5.91 Å². The molecule has 0 bridgehead atoms. The maximum atomic E-state index is 12.2. The minimum absolute atomic E-state index is 0.0304. The molecule has 0 saturated heterocycles. The first-order chi connectivity index (χ1) is 9.70. The highest BCUT2D eigenvalue weighted by Gasteiger charge is 2.20. The third-order valence-electron chi connectivity index (χ3n) is 4.34. The molecule has 1 amide bonds. The van der Waals surface area contributed by atoms with E-state index in [-0.39, 0.29) is 11.9 Å². The first-order valence-electron chi connectivity index (χ1n) is 7.66. The molecule has 0 unspecified atom stereocenters. The third-order valence-corrected chi connectivity index (χ3v) is 4.64. The number of hydrogen-bond donors (Lipinski definition) is 1. The molecule has 1 aromatic carbocycles. The Bertz CT molecular complexity index is 421. The summed E-state index contributed by atoms with van der Waals surface area (Å²) in [7, 11) is 0. The molecule has 110 valence electrons. The van der Waals surface area contributed by atoms with Crippen molar-refractivity contribution >= 4 is 17.5 Å². The molecule has 1 atom stereocenters. The number of halogens is 1. The van der Waals surface area contributed by atoms with E-state index >= 15 is 0 Å². The lowest BCUT2D eigenvalue weighted by molar-refractivity contribution is 0.0924. The highest BCUT2D eigenvalue weighted by molar-refractivity contribution is 6.17. The average Bonchev–Trinajstić information content (AvgIpc) is 2.76. The topological polar surface area (TPSA) is 29.1 Å². The maximum absolute atomic E-state index is 12.2. The molecule has 1 aliphatic rings. The quantitative estimate of drug-likeness (QED) is 0.642. The minimum Gasteiger partial charge on any atom is -0.349 e. The van der Waals surface area contributed by atoms with Crippen molar-refractivity contribution < 1.29 is 4.79 Å². The van der Waals surface area contributed by atoms with Crippen LogP contribution in [0.25, 0.3) is 0 Å². The fourth-order valence-electron chi connectivity index (χ4n) is 2.96. The first kappa shape index (κ1) is 15.4. The van der Waals surface area contributed by atoms with Crippen LogP contribution in [0.3, 0.4) is 0 Å². The summed E-state index contributed by atoms with van der Waals surface area (Å²) < 4.78 is 0. The number of rotatable bonds is 4.